The molecule has 1 aliphatic carbocycles. The van der Waals surface area contributed by atoms with Crippen LogP contribution in [0.4, 0.5) is 5.82 Å². The Hall–Kier alpha value is -2.59. The molecule has 2 aliphatic rings. The van der Waals surface area contributed by atoms with E-state index in [0.717, 1.165) is 25.3 Å². The lowest BCUT2D eigenvalue weighted by atomic mass is 9.80. The minimum Gasteiger partial charge on any atom is -0.369 e. The standard InChI is InChI=1S/C21H22N4/c1-25-13-14(11-24-20-7-2-3-8-22-20)9-17-16-5-4-6-18-21(16)15(12-23-18)10-19(17)25/h2-9,12,14,19,23H,10-11,13H2,1H3,(H,22,24)/t14-,19+/m0/s1. The van der Waals surface area contributed by atoms with Crippen LogP contribution in [0, 0.1) is 5.92 Å². The minimum absolute atomic E-state index is 0.481. The molecule has 0 unspecified atom stereocenters. The summed E-state index contributed by atoms with van der Waals surface area (Å²) in [4.78, 5) is 10.3. The fraction of sp³-hybridized carbons (Fsp3) is 0.286. The van der Waals surface area contributed by atoms with Crippen molar-refractivity contribution < 1.29 is 0 Å². The Morgan fingerprint density at radius 2 is 2.20 bits per heavy atom. The number of H-pyrrole nitrogens is 1. The van der Waals surface area contributed by atoms with Crippen molar-refractivity contribution in [3.63, 3.8) is 0 Å². The number of nitrogens with zero attached hydrogens (tertiary/aromatic N) is 2. The van der Waals surface area contributed by atoms with Gasteiger partial charge in [-0.15, -0.1) is 0 Å². The van der Waals surface area contributed by atoms with Crippen molar-refractivity contribution in [2.24, 2.45) is 5.92 Å². The van der Waals surface area contributed by atoms with Gasteiger partial charge >= 0.3 is 0 Å². The van der Waals surface area contributed by atoms with E-state index in [1.165, 1.54) is 27.6 Å². The van der Waals surface area contributed by atoms with Crippen molar-refractivity contribution in [3.05, 3.63) is 66.0 Å². The molecule has 5 rings (SSSR count). The van der Waals surface area contributed by atoms with Gasteiger partial charge in [0.2, 0.25) is 0 Å². The van der Waals surface area contributed by atoms with Gasteiger partial charge < -0.3 is 10.3 Å². The first kappa shape index (κ1) is 14.7. The lowest BCUT2D eigenvalue weighted by Crippen LogP contribution is -2.43. The summed E-state index contributed by atoms with van der Waals surface area (Å²) in [5.41, 5.74) is 5.59. The maximum atomic E-state index is 4.37. The summed E-state index contributed by atoms with van der Waals surface area (Å²) >= 11 is 0. The number of nitrogens with one attached hydrogen (secondary N) is 2. The van der Waals surface area contributed by atoms with Crippen LogP contribution in [-0.4, -0.2) is 41.0 Å². The number of aromatic amines is 1. The Kier molecular flexibility index (Phi) is 3.38. The molecule has 1 aromatic carbocycles. The number of likely N-dealkylation sites (N-methyl/N-ethyl adjacent to an activating group) is 1. The Morgan fingerprint density at radius 3 is 3.08 bits per heavy atom. The van der Waals surface area contributed by atoms with Crippen LogP contribution in [0.15, 0.2) is 54.9 Å². The van der Waals surface area contributed by atoms with Crippen molar-refractivity contribution in [2.75, 3.05) is 25.5 Å². The molecule has 3 heterocycles. The lowest BCUT2D eigenvalue weighted by molar-refractivity contribution is 0.249. The zero-order valence-electron chi connectivity index (χ0n) is 14.4. The van der Waals surface area contributed by atoms with E-state index in [1.807, 2.05) is 24.4 Å². The SMILES string of the molecule is CN1C[C@H](CNc2ccccn2)C=C2c3cccc4[nH]cc(c34)C[C@H]21. The fourth-order valence-electron chi connectivity index (χ4n) is 4.38. The first-order chi connectivity index (χ1) is 12.3. The molecule has 0 bridgehead atoms. The average molecular weight is 330 g/mol. The maximum absolute atomic E-state index is 4.37. The van der Waals surface area contributed by atoms with E-state index in [0.29, 0.717) is 12.0 Å². The highest BCUT2D eigenvalue weighted by atomic mass is 15.1. The molecular formula is C21H22N4. The quantitative estimate of drug-likeness (QED) is 0.772. The molecule has 0 fully saturated rings. The summed E-state index contributed by atoms with van der Waals surface area (Å²) in [5.74, 6) is 1.43. The number of anilines is 1. The van der Waals surface area contributed by atoms with E-state index in [2.05, 4.69) is 57.7 Å². The van der Waals surface area contributed by atoms with Crippen molar-refractivity contribution in [2.45, 2.75) is 12.5 Å². The number of benzene rings is 1. The van der Waals surface area contributed by atoms with Gasteiger partial charge in [0, 0.05) is 48.3 Å². The van der Waals surface area contributed by atoms with Crippen LogP contribution in [0.5, 0.6) is 0 Å². The van der Waals surface area contributed by atoms with Crippen molar-refractivity contribution in [1.82, 2.24) is 14.9 Å². The van der Waals surface area contributed by atoms with Crippen LogP contribution in [0.2, 0.25) is 0 Å². The van der Waals surface area contributed by atoms with Gasteiger partial charge in [-0.25, -0.2) is 4.98 Å². The van der Waals surface area contributed by atoms with Gasteiger partial charge in [-0.2, -0.15) is 0 Å². The monoisotopic (exact) mass is 330 g/mol. The number of fused-ring (bicyclic) bond motifs is 2. The summed E-state index contributed by atoms with van der Waals surface area (Å²) in [6.45, 7) is 1.98. The van der Waals surface area contributed by atoms with Gasteiger partial charge in [0.15, 0.2) is 0 Å². The fourth-order valence-corrected chi connectivity index (χ4v) is 4.38. The number of rotatable bonds is 3. The first-order valence-electron chi connectivity index (χ1n) is 8.96. The highest BCUT2D eigenvalue weighted by Crippen LogP contribution is 2.40. The topological polar surface area (TPSA) is 44.0 Å². The first-order valence-corrected chi connectivity index (χ1v) is 8.96. The van der Waals surface area contributed by atoms with Gasteiger partial charge in [0.1, 0.15) is 5.82 Å². The molecular weight excluding hydrogens is 308 g/mol. The second-order valence-electron chi connectivity index (χ2n) is 7.18. The maximum Gasteiger partial charge on any atom is 0.125 e. The smallest absolute Gasteiger partial charge is 0.125 e. The van der Waals surface area contributed by atoms with Gasteiger partial charge in [-0.1, -0.05) is 24.3 Å². The molecule has 3 aromatic rings. The van der Waals surface area contributed by atoms with Crippen LogP contribution in [-0.2, 0) is 6.42 Å². The number of aromatic nitrogens is 2. The molecule has 126 valence electrons. The Balaban J connectivity index is 1.48. The summed E-state index contributed by atoms with van der Waals surface area (Å²) in [5, 5.41) is 4.89. The van der Waals surface area contributed by atoms with E-state index >= 15 is 0 Å². The third-order valence-electron chi connectivity index (χ3n) is 5.55. The molecule has 4 heteroatoms. The number of hydrogen-bond acceptors (Lipinski definition) is 3. The van der Waals surface area contributed by atoms with Gasteiger partial charge in [0.25, 0.3) is 0 Å². The highest BCUT2D eigenvalue weighted by molar-refractivity contribution is 5.98. The van der Waals surface area contributed by atoms with E-state index in [-0.39, 0.29) is 0 Å². The normalized spacial score (nSPS) is 22.5. The predicted molar refractivity (Wildman–Crippen MR) is 103 cm³/mol. The van der Waals surface area contributed by atoms with Crippen molar-refractivity contribution >= 4 is 22.3 Å². The third kappa shape index (κ3) is 2.45. The van der Waals surface area contributed by atoms with Crippen LogP contribution in [0.1, 0.15) is 11.1 Å². The summed E-state index contributed by atoms with van der Waals surface area (Å²) in [7, 11) is 2.25. The lowest BCUT2D eigenvalue weighted by Gasteiger charge is -2.40. The van der Waals surface area contributed by atoms with Crippen LogP contribution < -0.4 is 5.32 Å². The zero-order valence-corrected chi connectivity index (χ0v) is 14.4. The number of pyridine rings is 1. The van der Waals surface area contributed by atoms with Gasteiger partial charge in [-0.3, -0.25) is 4.90 Å². The molecule has 2 aromatic heterocycles. The minimum atomic E-state index is 0.481. The second-order valence-corrected chi connectivity index (χ2v) is 7.18. The van der Waals surface area contributed by atoms with E-state index < -0.39 is 0 Å². The van der Waals surface area contributed by atoms with Crippen molar-refractivity contribution in [3.8, 4) is 0 Å². The van der Waals surface area contributed by atoms with Gasteiger partial charge in [-0.05, 0) is 48.4 Å². The molecule has 0 radical (unpaired) electrons. The van der Waals surface area contributed by atoms with E-state index in [1.54, 1.807) is 0 Å². The summed E-state index contributed by atoms with van der Waals surface area (Å²) in [6, 6.07) is 13.1. The van der Waals surface area contributed by atoms with Crippen molar-refractivity contribution in [1.29, 1.82) is 0 Å². The average Bonchev–Trinajstić information content (AvgIpc) is 3.06. The zero-order chi connectivity index (χ0) is 16.8. The third-order valence-corrected chi connectivity index (χ3v) is 5.55. The number of hydrogen-bond donors (Lipinski definition) is 2. The highest BCUT2D eigenvalue weighted by Gasteiger charge is 2.33. The Morgan fingerprint density at radius 1 is 1.24 bits per heavy atom. The molecule has 0 amide bonds. The molecule has 0 saturated heterocycles. The molecule has 1 aliphatic heterocycles. The summed E-state index contributed by atoms with van der Waals surface area (Å²) in [6.07, 6.45) is 7.61. The van der Waals surface area contributed by atoms with Crippen LogP contribution in [0.25, 0.3) is 16.5 Å². The second kappa shape index (κ2) is 5.74. The van der Waals surface area contributed by atoms with Gasteiger partial charge in [0.05, 0.1) is 0 Å². The Bertz CT molecular complexity index is 941. The summed E-state index contributed by atoms with van der Waals surface area (Å²) < 4.78 is 0. The molecule has 4 nitrogen and oxygen atoms in total. The Labute approximate surface area is 147 Å². The van der Waals surface area contributed by atoms with E-state index in [4.69, 9.17) is 0 Å². The van der Waals surface area contributed by atoms with Crippen LogP contribution in [0.3, 0.4) is 0 Å². The van der Waals surface area contributed by atoms with E-state index in [9.17, 15) is 0 Å². The molecule has 0 saturated carbocycles. The van der Waals surface area contributed by atoms with Crippen LogP contribution >= 0.6 is 0 Å². The molecule has 0 spiro atoms. The molecule has 2 N–H and O–H groups in total. The molecule has 2 atom stereocenters. The molecule has 25 heavy (non-hydrogen) atoms. The largest absolute Gasteiger partial charge is 0.369 e. The predicted octanol–water partition coefficient (Wildman–Crippen LogP) is 3.54.